The van der Waals surface area contributed by atoms with Crippen LogP contribution in [0.3, 0.4) is 0 Å². The lowest BCUT2D eigenvalue weighted by atomic mass is 10.1. The zero-order chi connectivity index (χ0) is 16.8. The summed E-state index contributed by atoms with van der Waals surface area (Å²) in [5.41, 5.74) is 28.6. The lowest BCUT2D eigenvalue weighted by molar-refractivity contribution is 1.47. The van der Waals surface area contributed by atoms with E-state index in [9.17, 15) is 0 Å². The van der Waals surface area contributed by atoms with Crippen LogP contribution in [-0.4, -0.2) is 0 Å². The summed E-state index contributed by atoms with van der Waals surface area (Å²) < 4.78 is 0. The molecule has 0 spiro atoms. The van der Waals surface area contributed by atoms with Gasteiger partial charge in [-0.1, -0.05) is 30.3 Å². The van der Waals surface area contributed by atoms with Crippen LogP contribution in [0.4, 0.5) is 22.7 Å². The highest BCUT2D eigenvalue weighted by molar-refractivity contribution is 5.67. The van der Waals surface area contributed by atoms with Gasteiger partial charge in [0.15, 0.2) is 0 Å². The van der Waals surface area contributed by atoms with Gasteiger partial charge in [0.25, 0.3) is 0 Å². The van der Waals surface area contributed by atoms with Gasteiger partial charge in [-0.3, -0.25) is 0 Å². The van der Waals surface area contributed by atoms with Gasteiger partial charge >= 0.3 is 0 Å². The average Bonchev–Trinajstić information content (AvgIpc) is 2.54. The summed E-state index contributed by atoms with van der Waals surface area (Å²) in [7, 11) is 0. The molecule has 0 unspecified atom stereocenters. The van der Waals surface area contributed by atoms with Crippen LogP contribution in [0.15, 0.2) is 66.7 Å². The summed E-state index contributed by atoms with van der Waals surface area (Å²) in [6.07, 6.45) is 0. The molecule has 3 aromatic carbocycles. The average molecular weight is 306 g/mol. The monoisotopic (exact) mass is 306 g/mol. The smallest absolute Gasteiger partial charge is 0.0364 e. The van der Waals surface area contributed by atoms with E-state index in [0.717, 1.165) is 39.4 Å². The number of hydrogen-bond acceptors (Lipinski definition) is 4. The first-order valence-corrected chi connectivity index (χ1v) is 7.29. The van der Waals surface area contributed by atoms with Crippen LogP contribution in [0.1, 0.15) is 5.56 Å². The van der Waals surface area contributed by atoms with Crippen LogP contribution in [0.2, 0.25) is 0 Å². The van der Waals surface area contributed by atoms with Crippen molar-refractivity contribution >= 4 is 22.7 Å². The third-order valence-electron chi connectivity index (χ3n) is 3.46. The van der Waals surface area contributed by atoms with Crippen LogP contribution >= 0.6 is 0 Å². The maximum absolute atomic E-state index is 5.61. The number of anilines is 4. The van der Waals surface area contributed by atoms with Crippen molar-refractivity contribution in [3.05, 3.63) is 72.3 Å². The molecule has 0 radical (unpaired) electrons. The minimum atomic E-state index is 0.720. The Morgan fingerprint density at radius 2 is 0.913 bits per heavy atom. The molecule has 3 rings (SSSR count). The lowest BCUT2D eigenvalue weighted by Gasteiger charge is -2.02. The van der Waals surface area contributed by atoms with E-state index in [1.54, 1.807) is 6.07 Å². The highest BCUT2D eigenvalue weighted by Gasteiger charge is 1.96. The van der Waals surface area contributed by atoms with Gasteiger partial charge in [0.2, 0.25) is 0 Å². The van der Waals surface area contributed by atoms with E-state index in [1.165, 1.54) is 0 Å². The summed E-state index contributed by atoms with van der Waals surface area (Å²) in [5.74, 6) is 0. The molecule has 0 saturated carbocycles. The van der Waals surface area contributed by atoms with Crippen LogP contribution in [0, 0.1) is 6.92 Å². The number of hydrogen-bond donors (Lipinski definition) is 4. The molecule has 8 N–H and O–H groups in total. The number of nitrogens with two attached hydrogens (primary N) is 4. The molecular weight excluding hydrogens is 284 g/mol. The van der Waals surface area contributed by atoms with E-state index >= 15 is 0 Å². The van der Waals surface area contributed by atoms with Crippen molar-refractivity contribution in [2.45, 2.75) is 6.92 Å². The Morgan fingerprint density at radius 1 is 0.522 bits per heavy atom. The second-order valence-electron chi connectivity index (χ2n) is 5.36. The quantitative estimate of drug-likeness (QED) is 0.515. The molecule has 0 heterocycles. The summed E-state index contributed by atoms with van der Waals surface area (Å²) in [4.78, 5) is 0. The normalized spacial score (nSPS) is 9.78. The van der Waals surface area contributed by atoms with Crippen molar-refractivity contribution in [2.24, 2.45) is 0 Å². The van der Waals surface area contributed by atoms with Crippen LogP contribution in [0.25, 0.3) is 11.1 Å². The minimum Gasteiger partial charge on any atom is -0.399 e. The molecule has 0 aromatic heterocycles. The zero-order valence-corrected chi connectivity index (χ0v) is 13.2. The molecule has 0 aliphatic heterocycles. The topological polar surface area (TPSA) is 104 Å². The molecule has 3 aromatic rings. The molecule has 0 fully saturated rings. The van der Waals surface area contributed by atoms with E-state index < -0.39 is 0 Å². The Kier molecular flexibility index (Phi) is 5.10. The fraction of sp³-hybridized carbons (Fsp3) is 0.0526. The Bertz CT molecular complexity index is 719. The summed E-state index contributed by atoms with van der Waals surface area (Å²) in [6.45, 7) is 1.95. The van der Waals surface area contributed by atoms with Crippen molar-refractivity contribution < 1.29 is 0 Å². The van der Waals surface area contributed by atoms with Gasteiger partial charge in [-0.05, 0) is 60.0 Å². The van der Waals surface area contributed by atoms with Crippen molar-refractivity contribution in [3.63, 3.8) is 0 Å². The number of nitrogen functional groups attached to an aromatic ring is 4. The van der Waals surface area contributed by atoms with Crippen molar-refractivity contribution in [2.75, 3.05) is 22.9 Å². The summed E-state index contributed by atoms with van der Waals surface area (Å²) in [5, 5.41) is 0. The first kappa shape index (κ1) is 16.2. The fourth-order valence-electron chi connectivity index (χ4n) is 2.01. The second-order valence-corrected chi connectivity index (χ2v) is 5.36. The Balaban J connectivity index is 0.000000185. The highest BCUT2D eigenvalue weighted by Crippen LogP contribution is 2.21. The maximum Gasteiger partial charge on any atom is 0.0364 e. The summed E-state index contributed by atoms with van der Waals surface area (Å²) in [6, 6.07) is 21.1. The largest absolute Gasteiger partial charge is 0.399 e. The first-order valence-electron chi connectivity index (χ1n) is 7.29. The lowest BCUT2D eigenvalue weighted by Crippen LogP contribution is -1.91. The van der Waals surface area contributed by atoms with E-state index in [4.69, 9.17) is 22.9 Å². The Hall–Kier alpha value is -3.14. The maximum atomic E-state index is 5.61. The molecule has 0 bridgehead atoms. The molecule has 0 amide bonds. The zero-order valence-electron chi connectivity index (χ0n) is 13.2. The highest BCUT2D eigenvalue weighted by atomic mass is 14.6. The molecule has 0 aliphatic carbocycles. The van der Waals surface area contributed by atoms with Gasteiger partial charge in [-0.15, -0.1) is 0 Å². The molecule has 118 valence electrons. The van der Waals surface area contributed by atoms with Gasteiger partial charge in [-0.2, -0.15) is 0 Å². The van der Waals surface area contributed by atoms with E-state index in [2.05, 4.69) is 0 Å². The number of rotatable bonds is 1. The van der Waals surface area contributed by atoms with Gasteiger partial charge in [-0.25, -0.2) is 0 Å². The van der Waals surface area contributed by atoms with Crippen molar-refractivity contribution in [1.29, 1.82) is 0 Å². The second kappa shape index (κ2) is 7.22. The summed E-state index contributed by atoms with van der Waals surface area (Å²) >= 11 is 0. The van der Waals surface area contributed by atoms with Gasteiger partial charge in [0.1, 0.15) is 0 Å². The third-order valence-corrected chi connectivity index (χ3v) is 3.46. The minimum absolute atomic E-state index is 0.720. The molecule has 0 atom stereocenters. The Labute approximate surface area is 136 Å². The van der Waals surface area contributed by atoms with Crippen LogP contribution in [-0.2, 0) is 0 Å². The molecule has 4 heteroatoms. The van der Waals surface area contributed by atoms with E-state index in [1.807, 2.05) is 67.6 Å². The fourth-order valence-corrected chi connectivity index (χ4v) is 2.01. The predicted molar refractivity (Wildman–Crippen MR) is 101 cm³/mol. The Morgan fingerprint density at radius 3 is 1.26 bits per heavy atom. The van der Waals surface area contributed by atoms with E-state index in [0.29, 0.717) is 0 Å². The molecule has 23 heavy (non-hydrogen) atoms. The number of aryl methyl sites for hydroxylation is 1. The third kappa shape index (κ3) is 4.68. The van der Waals surface area contributed by atoms with E-state index in [-0.39, 0.29) is 0 Å². The number of benzene rings is 3. The molecular formula is C19H22N4. The van der Waals surface area contributed by atoms with Crippen molar-refractivity contribution in [1.82, 2.24) is 0 Å². The first-order chi connectivity index (χ1) is 11.0. The van der Waals surface area contributed by atoms with Crippen molar-refractivity contribution in [3.8, 4) is 11.1 Å². The van der Waals surface area contributed by atoms with Gasteiger partial charge < -0.3 is 22.9 Å². The van der Waals surface area contributed by atoms with Crippen LogP contribution < -0.4 is 22.9 Å². The predicted octanol–water partition coefficient (Wildman–Crippen LogP) is 3.68. The molecule has 4 nitrogen and oxygen atoms in total. The van der Waals surface area contributed by atoms with Crippen LogP contribution in [0.5, 0.6) is 0 Å². The van der Waals surface area contributed by atoms with Gasteiger partial charge in [0, 0.05) is 22.7 Å². The molecule has 0 aliphatic rings. The molecule has 0 saturated heterocycles. The standard InChI is InChI=1S/C12H12N2.C7H10N2/c13-11-5-1-9(2-6-11)10-3-7-12(14)8-4-10;1-5-2-3-6(8)4-7(5)9/h1-8H,13-14H2;2-4H,8-9H2,1H3. The SMILES string of the molecule is Cc1ccc(N)cc1N.Nc1ccc(-c2ccc(N)cc2)cc1. The van der Waals surface area contributed by atoms with Gasteiger partial charge in [0.05, 0.1) is 0 Å².